The van der Waals surface area contributed by atoms with Gasteiger partial charge in [0.25, 0.3) is 0 Å². The Morgan fingerprint density at radius 2 is 2.50 bits per heavy atom. The predicted molar refractivity (Wildman–Crippen MR) is 28.9 cm³/mol. The second-order valence-electron chi connectivity index (χ2n) is 1.35. The van der Waals surface area contributed by atoms with Crippen LogP contribution in [0.3, 0.4) is 0 Å². The highest BCUT2D eigenvalue weighted by atomic mass is 16.5. The molecule has 0 aromatic carbocycles. The van der Waals surface area contributed by atoms with E-state index >= 15 is 0 Å². The van der Waals surface area contributed by atoms with Crippen molar-refractivity contribution in [3.63, 3.8) is 0 Å². The Kier molecular flexibility index (Phi) is 2.88. The third-order valence-electron chi connectivity index (χ3n) is 0.539. The molecule has 8 heavy (non-hydrogen) atoms. The predicted octanol–water partition coefficient (Wildman–Crippen LogP) is -0.427. The van der Waals surface area contributed by atoms with Gasteiger partial charge in [-0.3, -0.25) is 0 Å². The van der Waals surface area contributed by atoms with E-state index in [9.17, 15) is 4.79 Å². The van der Waals surface area contributed by atoms with Gasteiger partial charge >= 0.3 is 6.09 Å². The van der Waals surface area contributed by atoms with Crippen LogP contribution in [0.2, 0.25) is 0 Å². The van der Waals surface area contributed by atoms with Gasteiger partial charge in [0, 0.05) is 0 Å². The second-order valence-corrected chi connectivity index (χ2v) is 1.35. The molecule has 0 saturated carbocycles. The quantitative estimate of drug-likeness (QED) is 0.371. The molecule has 0 bridgehead atoms. The molecule has 46 valence electrons. The summed E-state index contributed by atoms with van der Waals surface area (Å²) in [6.07, 6.45) is 0.650. The molecule has 0 fully saturated rings. The number of alkyl carbamates (subject to hydrolysis) is 2. The Morgan fingerprint density at radius 3 is 2.62 bits per heavy atom. The lowest BCUT2D eigenvalue weighted by Gasteiger charge is -2.06. The van der Waals surface area contributed by atoms with E-state index in [0.29, 0.717) is 4.90 Å². The zero-order valence-electron chi connectivity index (χ0n) is 4.81. The fourth-order valence-electron chi connectivity index (χ4n) is 0.176. The highest BCUT2D eigenvalue weighted by molar-refractivity contribution is 5.57. The van der Waals surface area contributed by atoms with Crippen LogP contribution >= 0.6 is 0 Å². The molecule has 0 aliphatic heterocycles. The van der Waals surface area contributed by atoms with Gasteiger partial charge in [0.1, 0.15) is 0 Å². The van der Waals surface area contributed by atoms with Crippen LogP contribution < -0.4 is 4.90 Å². The van der Waals surface area contributed by atoms with E-state index in [-0.39, 0.29) is 0 Å². The van der Waals surface area contributed by atoms with Crippen molar-refractivity contribution in [2.45, 2.75) is 0 Å². The number of rotatable bonds is 1. The Labute approximate surface area is 48.5 Å². The van der Waals surface area contributed by atoms with Crippen molar-refractivity contribution in [1.82, 2.24) is 0 Å². The monoisotopic (exact) mass is 115 g/mol. The molecule has 1 unspecified atom stereocenters. The molecule has 0 aromatic rings. The summed E-state index contributed by atoms with van der Waals surface area (Å²) < 4.78 is 4.33. The van der Waals surface area contributed by atoms with E-state index in [4.69, 9.17) is 0 Å². The minimum atomic E-state index is -0.431. The van der Waals surface area contributed by atoms with Crippen LogP contribution in [0.15, 0.2) is 12.8 Å². The molecule has 0 saturated heterocycles. The largest absolute Gasteiger partial charge is 0.491 e. The summed E-state index contributed by atoms with van der Waals surface area (Å²) in [6.45, 7) is 3.20. The lowest BCUT2D eigenvalue weighted by Crippen LogP contribution is -3.06. The molecular formula is C5H9NO2. The van der Waals surface area contributed by atoms with Gasteiger partial charge in [0.2, 0.25) is 0 Å². The third-order valence-corrected chi connectivity index (χ3v) is 0.539. The molecular weight excluding hydrogens is 106 g/mol. The second kappa shape index (κ2) is 3.21. The summed E-state index contributed by atoms with van der Waals surface area (Å²) in [5, 5.41) is 0. The molecule has 1 atom stereocenters. The summed E-state index contributed by atoms with van der Waals surface area (Å²) in [6, 6.07) is 0. The van der Waals surface area contributed by atoms with Crippen molar-refractivity contribution in [2.75, 3.05) is 7.05 Å². The molecule has 3 heteroatoms. The van der Waals surface area contributed by atoms with E-state index in [1.54, 1.807) is 7.05 Å². The van der Waals surface area contributed by atoms with Gasteiger partial charge in [0.05, 0.1) is 13.3 Å². The highest BCUT2D eigenvalue weighted by Crippen LogP contribution is 1.67. The first kappa shape index (κ1) is 7.17. The van der Waals surface area contributed by atoms with Crippen LogP contribution in [0.5, 0.6) is 0 Å². The molecule has 3 nitrogen and oxygen atoms in total. The van der Waals surface area contributed by atoms with E-state index < -0.39 is 6.09 Å². The standard InChI is InChI=1S/C5H9NO2/c1-4-8-5(7)6(2)3/h4,6H,1-2H2,3H3. The Bertz CT molecular complexity index is 98.6. The molecule has 1 N–H and O–H groups in total. The number of quaternary nitrogens is 1. The summed E-state index contributed by atoms with van der Waals surface area (Å²) in [7, 11) is 4.93. The van der Waals surface area contributed by atoms with Crippen molar-refractivity contribution in [2.24, 2.45) is 0 Å². The van der Waals surface area contributed by atoms with Crippen molar-refractivity contribution < 1.29 is 14.4 Å². The minimum Gasteiger partial charge on any atom is -0.391 e. The van der Waals surface area contributed by atoms with Gasteiger partial charge in [-0.05, 0) is 0 Å². The molecule has 0 radical (unpaired) electrons. The number of carbonyl (C=O) groups is 1. The molecule has 0 aromatic heterocycles. The SMILES string of the molecule is C=COC(=O)[NH+]([CH2-])C. The fourth-order valence-corrected chi connectivity index (χ4v) is 0.176. The van der Waals surface area contributed by atoms with Gasteiger partial charge in [-0.25, -0.2) is 0 Å². The third kappa shape index (κ3) is 2.36. The van der Waals surface area contributed by atoms with Gasteiger partial charge < -0.3 is 9.64 Å². The summed E-state index contributed by atoms with van der Waals surface area (Å²) in [4.78, 5) is 10.7. The zero-order valence-corrected chi connectivity index (χ0v) is 4.81. The number of ether oxygens (including phenoxy) is 1. The summed E-state index contributed by atoms with van der Waals surface area (Å²) in [5.74, 6) is 0. The van der Waals surface area contributed by atoms with Crippen molar-refractivity contribution >= 4 is 6.09 Å². The van der Waals surface area contributed by atoms with Gasteiger partial charge in [-0.2, -0.15) is 4.79 Å². The van der Waals surface area contributed by atoms with Gasteiger partial charge in [0.15, 0.2) is 0 Å². The molecule has 0 aliphatic rings. The maximum Gasteiger partial charge on any atom is 0.491 e. The van der Waals surface area contributed by atoms with Crippen LogP contribution in [-0.4, -0.2) is 13.1 Å². The Balaban J connectivity index is 3.48. The fraction of sp³-hybridized carbons (Fsp3) is 0.200. The summed E-state index contributed by atoms with van der Waals surface area (Å²) in [5.41, 5.74) is 0. The number of hydrogen-bond donors (Lipinski definition) is 1. The van der Waals surface area contributed by atoms with E-state index in [2.05, 4.69) is 18.4 Å². The molecule has 0 aliphatic carbocycles. The topological polar surface area (TPSA) is 30.7 Å². The minimum absolute atomic E-state index is 0.380. The average Bonchev–Trinajstić information content (AvgIpc) is 1.67. The zero-order chi connectivity index (χ0) is 6.57. The Morgan fingerprint density at radius 1 is 2.00 bits per heavy atom. The van der Waals surface area contributed by atoms with Crippen LogP contribution in [0, 0.1) is 7.05 Å². The van der Waals surface area contributed by atoms with Crippen LogP contribution in [0.25, 0.3) is 0 Å². The maximum absolute atomic E-state index is 10.3. The number of hydrogen-bond acceptors (Lipinski definition) is 2. The maximum atomic E-state index is 10.3. The smallest absolute Gasteiger partial charge is 0.391 e. The lowest BCUT2D eigenvalue weighted by atomic mass is 10.9. The molecule has 0 heterocycles. The van der Waals surface area contributed by atoms with E-state index in [1.165, 1.54) is 0 Å². The number of amides is 1. The van der Waals surface area contributed by atoms with Gasteiger partial charge in [-0.1, -0.05) is 6.58 Å². The molecule has 0 spiro atoms. The van der Waals surface area contributed by atoms with E-state index in [1.807, 2.05) is 0 Å². The first-order chi connectivity index (χ1) is 3.68. The van der Waals surface area contributed by atoms with Crippen molar-refractivity contribution in [1.29, 1.82) is 0 Å². The van der Waals surface area contributed by atoms with Crippen LogP contribution in [0.1, 0.15) is 0 Å². The van der Waals surface area contributed by atoms with Crippen LogP contribution in [0.4, 0.5) is 4.79 Å². The average molecular weight is 115 g/mol. The molecule has 1 amide bonds. The number of carbonyl (C=O) groups excluding carboxylic acids is 1. The first-order valence-corrected chi connectivity index (χ1v) is 2.16. The first-order valence-electron chi connectivity index (χ1n) is 2.16. The lowest BCUT2D eigenvalue weighted by molar-refractivity contribution is -0.749. The van der Waals surface area contributed by atoms with Crippen LogP contribution in [-0.2, 0) is 4.74 Å². The van der Waals surface area contributed by atoms with Gasteiger partial charge in [-0.15, -0.1) is 7.05 Å². The molecule has 0 rings (SSSR count). The highest BCUT2D eigenvalue weighted by Gasteiger charge is 2.00. The normalized spacial score (nSPS) is 12.2. The van der Waals surface area contributed by atoms with Crippen molar-refractivity contribution in [3.05, 3.63) is 19.9 Å². The van der Waals surface area contributed by atoms with E-state index in [0.717, 1.165) is 6.26 Å². The Hall–Kier alpha value is -0.830. The summed E-state index contributed by atoms with van der Waals surface area (Å²) >= 11 is 0. The van der Waals surface area contributed by atoms with Crippen molar-refractivity contribution in [3.8, 4) is 0 Å². The number of nitrogens with one attached hydrogen (secondary N) is 1.